The van der Waals surface area contributed by atoms with E-state index in [0.717, 1.165) is 5.56 Å². The minimum absolute atomic E-state index is 0.0511. The minimum Gasteiger partial charge on any atom is -0.337 e. The number of carbonyl (C=O) groups is 2. The average Bonchev–Trinajstić information content (AvgIpc) is 3.48. The van der Waals surface area contributed by atoms with Crippen molar-refractivity contribution in [3.05, 3.63) is 84.4 Å². The van der Waals surface area contributed by atoms with Crippen molar-refractivity contribution in [2.75, 3.05) is 11.9 Å². The average molecular weight is 457 g/mol. The first-order chi connectivity index (χ1) is 16.5. The van der Waals surface area contributed by atoms with Gasteiger partial charge in [0.05, 0.1) is 5.92 Å². The molecule has 2 aromatic carbocycles. The topological polar surface area (TPSA) is 101 Å². The zero-order valence-corrected chi connectivity index (χ0v) is 18.0. The maximum absolute atomic E-state index is 13.4. The number of nitrogens with zero attached hydrogens (tertiary/aromatic N) is 4. The number of amides is 2. The summed E-state index contributed by atoms with van der Waals surface area (Å²) in [5.41, 5.74) is 2.69. The van der Waals surface area contributed by atoms with Gasteiger partial charge in [-0.2, -0.15) is 4.98 Å². The van der Waals surface area contributed by atoms with Gasteiger partial charge in [0.25, 0.3) is 5.89 Å². The van der Waals surface area contributed by atoms with Crippen LogP contribution >= 0.6 is 0 Å². The number of pyridine rings is 1. The van der Waals surface area contributed by atoms with Crippen LogP contribution in [-0.4, -0.2) is 38.4 Å². The largest absolute Gasteiger partial charge is 0.337 e. The van der Waals surface area contributed by atoms with Gasteiger partial charge in [-0.3, -0.25) is 14.6 Å². The highest BCUT2D eigenvalue weighted by molar-refractivity contribution is 5.97. The van der Waals surface area contributed by atoms with Crippen molar-refractivity contribution in [2.24, 2.45) is 5.92 Å². The first-order valence-corrected chi connectivity index (χ1v) is 10.7. The fourth-order valence-corrected chi connectivity index (χ4v) is 3.84. The minimum atomic E-state index is -0.423. The van der Waals surface area contributed by atoms with E-state index in [1.54, 1.807) is 53.7 Å². The Bertz CT molecular complexity index is 1320. The number of carbonyl (C=O) groups excluding carboxylic acids is 2. The van der Waals surface area contributed by atoms with Crippen LogP contribution in [-0.2, 0) is 16.1 Å². The monoisotopic (exact) mass is 457 g/mol. The fraction of sp³-hybridized carbons (Fsp3) is 0.160. The summed E-state index contributed by atoms with van der Waals surface area (Å²) >= 11 is 0. The zero-order chi connectivity index (χ0) is 23.5. The van der Waals surface area contributed by atoms with Crippen molar-refractivity contribution in [1.82, 2.24) is 20.0 Å². The van der Waals surface area contributed by atoms with Gasteiger partial charge >= 0.3 is 0 Å². The molecule has 5 rings (SSSR count). The number of nitrogens with one attached hydrogen (secondary N) is 1. The van der Waals surface area contributed by atoms with E-state index in [0.29, 0.717) is 29.9 Å². The highest BCUT2D eigenvalue weighted by atomic mass is 19.1. The molecule has 1 aliphatic rings. The van der Waals surface area contributed by atoms with E-state index in [2.05, 4.69) is 20.4 Å². The van der Waals surface area contributed by atoms with Gasteiger partial charge in [-0.05, 0) is 48.0 Å². The summed E-state index contributed by atoms with van der Waals surface area (Å²) in [6.07, 6.45) is 3.57. The van der Waals surface area contributed by atoms with Crippen LogP contribution in [0.25, 0.3) is 22.8 Å². The number of likely N-dealkylation sites (tertiary alicyclic amines) is 1. The van der Waals surface area contributed by atoms with E-state index >= 15 is 0 Å². The molecule has 1 aliphatic heterocycles. The van der Waals surface area contributed by atoms with Crippen LogP contribution in [0.4, 0.5) is 10.1 Å². The molecule has 2 amide bonds. The molecule has 0 bridgehead atoms. The molecular weight excluding hydrogens is 437 g/mol. The third kappa shape index (κ3) is 4.68. The van der Waals surface area contributed by atoms with Crippen LogP contribution in [0.15, 0.2) is 77.6 Å². The second kappa shape index (κ2) is 9.22. The van der Waals surface area contributed by atoms with E-state index in [9.17, 15) is 14.0 Å². The van der Waals surface area contributed by atoms with Crippen LogP contribution in [0.3, 0.4) is 0 Å². The summed E-state index contributed by atoms with van der Waals surface area (Å²) in [6, 6.07) is 16.6. The highest BCUT2D eigenvalue weighted by Gasteiger charge is 2.34. The first kappa shape index (κ1) is 21.4. The van der Waals surface area contributed by atoms with Crippen molar-refractivity contribution >= 4 is 17.5 Å². The fourth-order valence-electron chi connectivity index (χ4n) is 3.84. The maximum atomic E-state index is 13.4. The van der Waals surface area contributed by atoms with E-state index in [4.69, 9.17) is 4.52 Å². The van der Waals surface area contributed by atoms with Crippen LogP contribution < -0.4 is 5.32 Å². The standard InChI is InChI=1S/C25H20FN5O3/c26-20-5-1-4-18(11-20)23-29-25(34-30-23)17-6-8-21(9-7-17)28-24(33)19-12-22(32)31(15-19)14-16-3-2-10-27-13-16/h1-11,13,19H,12,14-15H2,(H,28,33). The zero-order valence-electron chi connectivity index (χ0n) is 18.0. The Labute approximate surface area is 194 Å². The SMILES string of the molecule is O=C(Nc1ccc(-c2nc(-c3cccc(F)c3)no2)cc1)C1CC(=O)N(Cc2cccnc2)C1. The third-order valence-electron chi connectivity index (χ3n) is 5.59. The van der Waals surface area contributed by atoms with Crippen LogP contribution in [0, 0.1) is 11.7 Å². The van der Waals surface area contributed by atoms with Gasteiger partial charge in [-0.1, -0.05) is 23.4 Å². The van der Waals surface area contributed by atoms with E-state index in [1.807, 2.05) is 12.1 Å². The summed E-state index contributed by atoms with van der Waals surface area (Å²) in [7, 11) is 0. The molecule has 4 aromatic rings. The Morgan fingerprint density at radius 3 is 2.74 bits per heavy atom. The molecule has 0 aliphatic carbocycles. The number of hydrogen-bond donors (Lipinski definition) is 1. The molecule has 34 heavy (non-hydrogen) atoms. The first-order valence-electron chi connectivity index (χ1n) is 10.7. The van der Waals surface area contributed by atoms with Gasteiger partial charge in [0.2, 0.25) is 17.6 Å². The third-order valence-corrected chi connectivity index (χ3v) is 5.59. The number of rotatable bonds is 6. The summed E-state index contributed by atoms with van der Waals surface area (Å²) < 4.78 is 18.7. The maximum Gasteiger partial charge on any atom is 0.258 e. The molecule has 1 saturated heterocycles. The van der Waals surface area contributed by atoms with Crippen molar-refractivity contribution in [2.45, 2.75) is 13.0 Å². The molecule has 0 saturated carbocycles. The molecular formula is C25H20FN5O3. The van der Waals surface area contributed by atoms with E-state index in [-0.39, 0.29) is 35.8 Å². The predicted octanol–water partition coefficient (Wildman–Crippen LogP) is 3.92. The molecule has 8 nitrogen and oxygen atoms in total. The number of hydrogen-bond acceptors (Lipinski definition) is 6. The molecule has 2 aromatic heterocycles. The van der Waals surface area contributed by atoms with Crippen LogP contribution in [0.1, 0.15) is 12.0 Å². The van der Waals surface area contributed by atoms with Crippen molar-refractivity contribution in [3.8, 4) is 22.8 Å². The summed E-state index contributed by atoms with van der Waals surface area (Å²) in [4.78, 5) is 35.1. The lowest BCUT2D eigenvalue weighted by Crippen LogP contribution is -2.28. The smallest absolute Gasteiger partial charge is 0.258 e. The summed E-state index contributed by atoms with van der Waals surface area (Å²) in [5.74, 6) is -0.495. The van der Waals surface area contributed by atoms with Gasteiger partial charge in [0.1, 0.15) is 5.82 Å². The van der Waals surface area contributed by atoms with E-state index < -0.39 is 5.92 Å². The van der Waals surface area contributed by atoms with Crippen molar-refractivity contribution in [3.63, 3.8) is 0 Å². The summed E-state index contributed by atoms with van der Waals surface area (Å²) in [5, 5.41) is 6.77. The Morgan fingerprint density at radius 1 is 1.12 bits per heavy atom. The molecule has 3 heterocycles. The Balaban J connectivity index is 1.21. The second-order valence-electron chi connectivity index (χ2n) is 8.04. The normalized spacial score (nSPS) is 15.5. The quantitative estimate of drug-likeness (QED) is 0.471. The molecule has 0 radical (unpaired) electrons. The van der Waals surface area contributed by atoms with Crippen molar-refractivity contribution < 1.29 is 18.5 Å². The molecule has 1 fully saturated rings. The molecule has 1 N–H and O–H groups in total. The van der Waals surface area contributed by atoms with Gasteiger partial charge in [-0.15, -0.1) is 0 Å². The predicted molar refractivity (Wildman–Crippen MR) is 122 cm³/mol. The number of benzene rings is 2. The van der Waals surface area contributed by atoms with Gasteiger partial charge in [0, 0.05) is 48.7 Å². The van der Waals surface area contributed by atoms with Crippen LogP contribution in [0.5, 0.6) is 0 Å². The van der Waals surface area contributed by atoms with E-state index in [1.165, 1.54) is 12.1 Å². The van der Waals surface area contributed by atoms with Crippen molar-refractivity contribution in [1.29, 1.82) is 0 Å². The Morgan fingerprint density at radius 2 is 1.97 bits per heavy atom. The lowest BCUT2D eigenvalue weighted by Gasteiger charge is -2.16. The number of aromatic nitrogens is 3. The van der Waals surface area contributed by atoms with Crippen LogP contribution in [0.2, 0.25) is 0 Å². The number of anilines is 1. The Hall–Kier alpha value is -4.40. The molecule has 9 heteroatoms. The molecule has 0 spiro atoms. The lowest BCUT2D eigenvalue weighted by molar-refractivity contribution is -0.128. The molecule has 1 unspecified atom stereocenters. The lowest BCUT2D eigenvalue weighted by atomic mass is 10.1. The Kier molecular flexibility index (Phi) is 5.82. The summed E-state index contributed by atoms with van der Waals surface area (Å²) in [6.45, 7) is 0.801. The highest BCUT2D eigenvalue weighted by Crippen LogP contribution is 2.25. The number of halogens is 1. The van der Waals surface area contributed by atoms with Gasteiger partial charge < -0.3 is 14.7 Å². The molecule has 170 valence electrons. The van der Waals surface area contributed by atoms with Gasteiger partial charge in [-0.25, -0.2) is 4.39 Å². The molecule has 1 atom stereocenters. The second-order valence-corrected chi connectivity index (χ2v) is 8.04. The van der Waals surface area contributed by atoms with Gasteiger partial charge in [0.15, 0.2) is 0 Å².